The molecule has 0 saturated heterocycles. The number of benzene rings is 3. The first-order chi connectivity index (χ1) is 15.4. The molecule has 0 aromatic heterocycles. The number of amides is 1. The maximum Gasteiger partial charge on any atom is 0.262 e. The lowest BCUT2D eigenvalue weighted by atomic mass is 10.0. The molecule has 0 atom stereocenters. The van der Waals surface area contributed by atoms with Crippen LogP contribution >= 0.6 is 0 Å². The number of hydrogen-bond donors (Lipinski definition) is 2. The van der Waals surface area contributed by atoms with Crippen LogP contribution in [-0.2, 0) is 27.0 Å². The van der Waals surface area contributed by atoms with Gasteiger partial charge in [0.15, 0.2) is 6.61 Å². The lowest BCUT2D eigenvalue weighted by Crippen LogP contribution is -2.25. The van der Waals surface area contributed by atoms with Gasteiger partial charge in [-0.1, -0.05) is 66.7 Å². The van der Waals surface area contributed by atoms with E-state index in [-0.39, 0.29) is 24.8 Å². The zero-order valence-corrected chi connectivity index (χ0v) is 18.5. The van der Waals surface area contributed by atoms with E-state index in [9.17, 15) is 13.2 Å². The molecule has 0 saturated carbocycles. The molecular weight excluding hydrogens is 424 g/mol. The molecule has 6 nitrogen and oxygen atoms in total. The molecule has 2 N–H and O–H groups in total. The van der Waals surface area contributed by atoms with Crippen molar-refractivity contribution in [2.45, 2.75) is 12.2 Å². The molecule has 1 amide bonds. The van der Waals surface area contributed by atoms with E-state index in [1.165, 1.54) is 6.08 Å². The lowest BCUT2D eigenvalue weighted by molar-refractivity contribution is -0.118. The standard InChI is InChI=1S/C25H26N2O4S/c1-2-16-26-32(29,30)19-21-12-14-23(15-13-21)27-25(28)18-31-24-11-7-6-10-22(24)17-20-8-4-3-5-9-20/h2-15,26H,1,16-19H2,(H,27,28). The van der Waals surface area contributed by atoms with Crippen molar-refractivity contribution >= 4 is 21.6 Å². The van der Waals surface area contributed by atoms with Crippen molar-refractivity contribution in [1.82, 2.24) is 4.72 Å². The molecule has 3 rings (SSSR count). The highest BCUT2D eigenvalue weighted by molar-refractivity contribution is 7.88. The second-order valence-corrected chi connectivity index (χ2v) is 9.01. The minimum absolute atomic E-state index is 0.132. The van der Waals surface area contributed by atoms with Gasteiger partial charge in [0.05, 0.1) is 5.75 Å². The van der Waals surface area contributed by atoms with E-state index in [1.807, 2.05) is 54.6 Å². The highest BCUT2D eigenvalue weighted by Gasteiger charge is 2.11. The van der Waals surface area contributed by atoms with Gasteiger partial charge in [0.1, 0.15) is 5.75 Å². The predicted molar refractivity (Wildman–Crippen MR) is 127 cm³/mol. The fourth-order valence-electron chi connectivity index (χ4n) is 3.09. The topological polar surface area (TPSA) is 84.5 Å². The molecule has 0 bridgehead atoms. The Bertz CT molecular complexity index is 1140. The van der Waals surface area contributed by atoms with Gasteiger partial charge in [-0.05, 0) is 34.9 Å². The van der Waals surface area contributed by atoms with Crippen molar-refractivity contribution in [2.75, 3.05) is 18.5 Å². The van der Waals surface area contributed by atoms with Crippen molar-refractivity contribution in [2.24, 2.45) is 0 Å². The maximum absolute atomic E-state index is 12.3. The fraction of sp³-hybridized carbons (Fsp3) is 0.160. The van der Waals surface area contributed by atoms with Crippen LogP contribution in [0.3, 0.4) is 0 Å². The van der Waals surface area contributed by atoms with Crippen molar-refractivity contribution in [1.29, 1.82) is 0 Å². The Balaban J connectivity index is 1.54. The van der Waals surface area contributed by atoms with Gasteiger partial charge in [-0.25, -0.2) is 13.1 Å². The van der Waals surface area contributed by atoms with E-state index in [4.69, 9.17) is 4.74 Å². The minimum Gasteiger partial charge on any atom is -0.483 e. The first-order valence-corrected chi connectivity index (χ1v) is 11.8. The Morgan fingerprint density at radius 3 is 2.31 bits per heavy atom. The normalized spacial score (nSPS) is 11.0. The Labute approximate surface area is 189 Å². The van der Waals surface area contributed by atoms with Crippen LogP contribution in [0.25, 0.3) is 0 Å². The fourth-order valence-corrected chi connectivity index (χ4v) is 4.19. The smallest absolute Gasteiger partial charge is 0.262 e. The van der Waals surface area contributed by atoms with Crippen LogP contribution in [0.15, 0.2) is 91.5 Å². The molecule has 0 heterocycles. The molecule has 32 heavy (non-hydrogen) atoms. The molecule has 0 aliphatic heterocycles. The number of hydrogen-bond acceptors (Lipinski definition) is 4. The summed E-state index contributed by atoms with van der Waals surface area (Å²) in [4.78, 5) is 12.3. The molecule has 0 fully saturated rings. The zero-order valence-electron chi connectivity index (χ0n) is 17.7. The average Bonchev–Trinajstić information content (AvgIpc) is 2.79. The van der Waals surface area contributed by atoms with Crippen molar-refractivity contribution in [3.63, 3.8) is 0 Å². The first kappa shape index (κ1) is 23.2. The summed E-state index contributed by atoms with van der Waals surface area (Å²) < 4.78 is 32.1. The van der Waals surface area contributed by atoms with Crippen LogP contribution in [0.2, 0.25) is 0 Å². The van der Waals surface area contributed by atoms with Gasteiger partial charge in [0.2, 0.25) is 10.0 Å². The summed E-state index contributed by atoms with van der Waals surface area (Å²) in [7, 11) is -3.43. The van der Waals surface area contributed by atoms with E-state index < -0.39 is 10.0 Å². The van der Waals surface area contributed by atoms with Crippen LogP contribution in [0, 0.1) is 0 Å². The van der Waals surface area contributed by atoms with Gasteiger partial charge in [-0.15, -0.1) is 6.58 Å². The van der Waals surface area contributed by atoms with Crippen molar-refractivity contribution in [3.05, 3.63) is 108 Å². The first-order valence-electron chi connectivity index (χ1n) is 10.2. The maximum atomic E-state index is 12.3. The van der Waals surface area contributed by atoms with Gasteiger partial charge in [0.25, 0.3) is 5.91 Å². The van der Waals surface area contributed by atoms with Gasteiger partial charge < -0.3 is 10.1 Å². The Morgan fingerprint density at radius 1 is 0.906 bits per heavy atom. The van der Waals surface area contributed by atoms with E-state index in [1.54, 1.807) is 24.3 Å². The van der Waals surface area contributed by atoms with Crippen LogP contribution in [-0.4, -0.2) is 27.5 Å². The van der Waals surface area contributed by atoms with Gasteiger partial charge >= 0.3 is 0 Å². The lowest BCUT2D eigenvalue weighted by Gasteiger charge is -2.12. The number of carbonyl (C=O) groups excluding carboxylic acids is 1. The van der Waals surface area contributed by atoms with E-state index >= 15 is 0 Å². The van der Waals surface area contributed by atoms with Gasteiger partial charge in [0, 0.05) is 18.7 Å². The number of sulfonamides is 1. The zero-order chi connectivity index (χ0) is 22.8. The van der Waals surface area contributed by atoms with Crippen LogP contribution in [0.5, 0.6) is 5.75 Å². The summed E-state index contributed by atoms with van der Waals surface area (Å²) in [6, 6.07) is 24.4. The van der Waals surface area contributed by atoms with E-state index in [0.29, 0.717) is 23.4 Å². The predicted octanol–water partition coefficient (Wildman–Crippen LogP) is 3.90. The monoisotopic (exact) mass is 450 g/mol. The van der Waals surface area contributed by atoms with E-state index in [2.05, 4.69) is 16.6 Å². The van der Waals surface area contributed by atoms with Crippen LogP contribution < -0.4 is 14.8 Å². The number of nitrogens with one attached hydrogen (secondary N) is 2. The summed E-state index contributed by atoms with van der Waals surface area (Å²) in [6.07, 6.45) is 2.20. The molecule has 3 aromatic carbocycles. The van der Waals surface area contributed by atoms with Crippen LogP contribution in [0.1, 0.15) is 16.7 Å². The third-order valence-corrected chi connectivity index (χ3v) is 5.93. The number of ether oxygens (including phenoxy) is 1. The van der Waals surface area contributed by atoms with Gasteiger partial charge in [-0.2, -0.15) is 0 Å². The number of rotatable bonds is 11. The second-order valence-electron chi connectivity index (χ2n) is 7.20. The highest BCUT2D eigenvalue weighted by atomic mass is 32.2. The summed E-state index contributed by atoms with van der Waals surface area (Å²) in [6.45, 7) is 3.54. The Kier molecular flexibility index (Phi) is 8.19. The molecule has 0 aliphatic carbocycles. The molecular formula is C25H26N2O4S. The molecule has 0 spiro atoms. The summed E-state index contributed by atoms with van der Waals surface area (Å²) in [5.41, 5.74) is 3.35. The average molecular weight is 451 g/mol. The van der Waals surface area contributed by atoms with E-state index in [0.717, 1.165) is 11.1 Å². The third kappa shape index (κ3) is 7.37. The Morgan fingerprint density at radius 2 is 1.59 bits per heavy atom. The van der Waals surface area contributed by atoms with Gasteiger partial charge in [-0.3, -0.25) is 4.79 Å². The largest absolute Gasteiger partial charge is 0.483 e. The molecule has 0 unspecified atom stereocenters. The highest BCUT2D eigenvalue weighted by Crippen LogP contribution is 2.21. The number of carbonyl (C=O) groups is 1. The number of para-hydroxylation sites is 1. The van der Waals surface area contributed by atoms with Crippen molar-refractivity contribution < 1.29 is 17.9 Å². The molecule has 166 valence electrons. The molecule has 0 aliphatic rings. The summed E-state index contributed by atoms with van der Waals surface area (Å²) in [5.74, 6) is 0.225. The summed E-state index contributed by atoms with van der Waals surface area (Å²) in [5, 5.41) is 2.76. The number of anilines is 1. The Hall–Kier alpha value is -3.42. The SMILES string of the molecule is C=CCNS(=O)(=O)Cc1ccc(NC(=O)COc2ccccc2Cc2ccccc2)cc1. The molecule has 0 radical (unpaired) electrons. The van der Waals surface area contributed by atoms with Crippen LogP contribution in [0.4, 0.5) is 5.69 Å². The quantitative estimate of drug-likeness (QED) is 0.434. The van der Waals surface area contributed by atoms with Crippen molar-refractivity contribution in [3.8, 4) is 5.75 Å². The summed E-state index contributed by atoms with van der Waals surface area (Å²) >= 11 is 0. The molecule has 3 aromatic rings. The third-order valence-electron chi connectivity index (χ3n) is 4.61. The second kappa shape index (κ2) is 11.3. The molecule has 7 heteroatoms. The minimum atomic E-state index is -3.43.